The molecule has 1 aliphatic heterocycles. The van der Waals surface area contributed by atoms with Crippen LogP contribution in [0.3, 0.4) is 0 Å². The standard InChI is InChI=1S/C17H22N4O2/c1-20-12-15(16(19-20)23-2)18-17(22)21-9-8-14(11-21)10-13-6-4-3-5-7-13/h3-7,12,14H,8-11H2,1-2H3,(H,18,22). The molecular formula is C17H22N4O2. The normalized spacial score (nSPS) is 17.3. The van der Waals surface area contributed by atoms with Crippen molar-refractivity contribution < 1.29 is 9.53 Å². The minimum Gasteiger partial charge on any atom is -0.478 e. The molecule has 2 amide bonds. The monoisotopic (exact) mass is 314 g/mol. The number of aryl methyl sites for hydroxylation is 1. The van der Waals surface area contributed by atoms with E-state index < -0.39 is 0 Å². The van der Waals surface area contributed by atoms with Crippen molar-refractivity contribution in [2.24, 2.45) is 13.0 Å². The van der Waals surface area contributed by atoms with Crippen LogP contribution >= 0.6 is 0 Å². The molecule has 1 fully saturated rings. The molecule has 1 aliphatic rings. The van der Waals surface area contributed by atoms with Gasteiger partial charge in [0.25, 0.3) is 5.88 Å². The van der Waals surface area contributed by atoms with Crippen LogP contribution in [0.2, 0.25) is 0 Å². The van der Waals surface area contributed by atoms with Gasteiger partial charge in [0.15, 0.2) is 0 Å². The summed E-state index contributed by atoms with van der Waals surface area (Å²) >= 11 is 0. The predicted molar refractivity (Wildman–Crippen MR) is 88.6 cm³/mol. The van der Waals surface area contributed by atoms with E-state index in [0.717, 1.165) is 25.9 Å². The fourth-order valence-corrected chi connectivity index (χ4v) is 3.03. The Morgan fingerprint density at radius 3 is 2.91 bits per heavy atom. The molecule has 0 radical (unpaired) electrons. The van der Waals surface area contributed by atoms with E-state index in [2.05, 4.69) is 34.7 Å². The molecule has 0 saturated carbocycles. The number of ether oxygens (including phenoxy) is 1. The highest BCUT2D eigenvalue weighted by Crippen LogP contribution is 2.24. The Morgan fingerprint density at radius 2 is 2.17 bits per heavy atom. The van der Waals surface area contributed by atoms with E-state index in [1.54, 1.807) is 25.0 Å². The summed E-state index contributed by atoms with van der Waals surface area (Å²) in [7, 11) is 3.34. The minimum atomic E-state index is -0.0909. The number of urea groups is 1. The van der Waals surface area contributed by atoms with Gasteiger partial charge in [-0.05, 0) is 24.3 Å². The molecule has 6 heteroatoms. The number of likely N-dealkylation sites (tertiary alicyclic amines) is 1. The Kier molecular flexibility index (Phi) is 4.50. The molecule has 23 heavy (non-hydrogen) atoms. The Labute approximate surface area is 136 Å². The molecule has 2 aromatic rings. The van der Waals surface area contributed by atoms with E-state index in [1.165, 1.54) is 5.56 Å². The molecule has 1 aromatic carbocycles. The molecule has 0 bridgehead atoms. The number of hydrogen-bond donors (Lipinski definition) is 1. The summed E-state index contributed by atoms with van der Waals surface area (Å²) in [4.78, 5) is 14.3. The molecule has 0 aliphatic carbocycles. The zero-order valence-corrected chi connectivity index (χ0v) is 13.5. The van der Waals surface area contributed by atoms with Crippen molar-refractivity contribution in [3.05, 3.63) is 42.1 Å². The second-order valence-corrected chi connectivity index (χ2v) is 5.95. The van der Waals surface area contributed by atoms with E-state index in [9.17, 15) is 4.79 Å². The maximum Gasteiger partial charge on any atom is 0.322 e. The molecule has 1 unspecified atom stereocenters. The van der Waals surface area contributed by atoms with Crippen molar-refractivity contribution in [1.82, 2.24) is 14.7 Å². The number of amides is 2. The first-order chi connectivity index (χ1) is 11.2. The molecule has 1 N–H and O–H groups in total. The minimum absolute atomic E-state index is 0.0909. The Morgan fingerprint density at radius 1 is 1.39 bits per heavy atom. The van der Waals surface area contributed by atoms with E-state index >= 15 is 0 Å². The summed E-state index contributed by atoms with van der Waals surface area (Å²) in [6, 6.07) is 10.3. The number of benzene rings is 1. The summed E-state index contributed by atoms with van der Waals surface area (Å²) < 4.78 is 6.79. The second kappa shape index (κ2) is 6.73. The summed E-state index contributed by atoms with van der Waals surface area (Å²) in [5, 5.41) is 7.03. The summed E-state index contributed by atoms with van der Waals surface area (Å²) in [6.07, 6.45) is 3.79. The molecule has 122 valence electrons. The number of nitrogens with zero attached hydrogens (tertiary/aromatic N) is 3. The summed E-state index contributed by atoms with van der Waals surface area (Å²) in [6.45, 7) is 1.56. The van der Waals surface area contributed by atoms with Gasteiger partial charge in [-0.25, -0.2) is 4.79 Å². The highest BCUT2D eigenvalue weighted by atomic mass is 16.5. The van der Waals surface area contributed by atoms with Crippen LogP contribution in [0, 0.1) is 5.92 Å². The van der Waals surface area contributed by atoms with Gasteiger partial charge in [0.2, 0.25) is 0 Å². The Bertz CT molecular complexity index is 668. The molecule has 1 aromatic heterocycles. The average molecular weight is 314 g/mol. The lowest BCUT2D eigenvalue weighted by molar-refractivity contribution is 0.220. The summed E-state index contributed by atoms with van der Waals surface area (Å²) in [5.41, 5.74) is 1.93. The van der Waals surface area contributed by atoms with Crippen molar-refractivity contribution in [2.45, 2.75) is 12.8 Å². The number of methoxy groups -OCH3 is 1. The number of nitrogens with one attached hydrogen (secondary N) is 1. The molecular weight excluding hydrogens is 292 g/mol. The zero-order chi connectivity index (χ0) is 16.2. The Balaban J connectivity index is 1.57. The number of carbonyl (C=O) groups excluding carboxylic acids is 1. The lowest BCUT2D eigenvalue weighted by atomic mass is 9.99. The quantitative estimate of drug-likeness (QED) is 0.943. The maximum absolute atomic E-state index is 12.4. The van der Waals surface area contributed by atoms with Gasteiger partial charge in [-0.15, -0.1) is 5.10 Å². The van der Waals surface area contributed by atoms with Crippen LogP contribution in [0.4, 0.5) is 10.5 Å². The predicted octanol–water partition coefficient (Wildman–Crippen LogP) is 2.53. The van der Waals surface area contributed by atoms with Gasteiger partial charge >= 0.3 is 6.03 Å². The van der Waals surface area contributed by atoms with E-state index in [4.69, 9.17) is 4.74 Å². The van der Waals surface area contributed by atoms with Crippen LogP contribution in [0.25, 0.3) is 0 Å². The fourth-order valence-electron chi connectivity index (χ4n) is 3.03. The third kappa shape index (κ3) is 3.64. The van der Waals surface area contributed by atoms with Gasteiger partial charge < -0.3 is 15.0 Å². The molecule has 6 nitrogen and oxygen atoms in total. The number of aromatic nitrogens is 2. The van der Waals surface area contributed by atoms with Gasteiger partial charge in [0.1, 0.15) is 5.69 Å². The van der Waals surface area contributed by atoms with Crippen LogP contribution in [0.1, 0.15) is 12.0 Å². The van der Waals surface area contributed by atoms with Crippen LogP contribution < -0.4 is 10.1 Å². The highest BCUT2D eigenvalue weighted by Gasteiger charge is 2.27. The Hall–Kier alpha value is -2.50. The topological polar surface area (TPSA) is 59.4 Å². The first-order valence-electron chi connectivity index (χ1n) is 7.83. The second-order valence-electron chi connectivity index (χ2n) is 5.95. The SMILES string of the molecule is COc1nn(C)cc1NC(=O)N1CCC(Cc2ccccc2)C1. The highest BCUT2D eigenvalue weighted by molar-refractivity contribution is 5.90. The molecule has 1 saturated heterocycles. The van der Waals surface area contributed by atoms with Gasteiger partial charge in [0, 0.05) is 20.1 Å². The van der Waals surface area contributed by atoms with Crippen molar-refractivity contribution >= 4 is 11.7 Å². The van der Waals surface area contributed by atoms with E-state index in [-0.39, 0.29) is 6.03 Å². The largest absolute Gasteiger partial charge is 0.478 e. The van der Waals surface area contributed by atoms with Crippen molar-refractivity contribution in [3.63, 3.8) is 0 Å². The van der Waals surface area contributed by atoms with Crippen LogP contribution in [0.5, 0.6) is 5.88 Å². The smallest absolute Gasteiger partial charge is 0.322 e. The lowest BCUT2D eigenvalue weighted by Gasteiger charge is -2.17. The molecule has 1 atom stereocenters. The fraction of sp³-hybridized carbons (Fsp3) is 0.412. The molecule has 2 heterocycles. The summed E-state index contributed by atoms with van der Waals surface area (Å²) in [5.74, 6) is 0.944. The molecule has 3 rings (SSSR count). The van der Waals surface area contributed by atoms with Gasteiger partial charge in [0.05, 0.1) is 13.3 Å². The maximum atomic E-state index is 12.4. The van der Waals surface area contributed by atoms with Crippen molar-refractivity contribution in [2.75, 3.05) is 25.5 Å². The van der Waals surface area contributed by atoms with E-state index in [1.807, 2.05) is 11.0 Å². The number of hydrogen-bond acceptors (Lipinski definition) is 3. The van der Waals surface area contributed by atoms with Gasteiger partial charge in [-0.3, -0.25) is 4.68 Å². The van der Waals surface area contributed by atoms with Crippen molar-refractivity contribution in [3.8, 4) is 5.88 Å². The van der Waals surface area contributed by atoms with Crippen LogP contribution in [0.15, 0.2) is 36.5 Å². The zero-order valence-electron chi connectivity index (χ0n) is 13.5. The average Bonchev–Trinajstić information content (AvgIpc) is 3.15. The van der Waals surface area contributed by atoms with E-state index in [0.29, 0.717) is 17.5 Å². The first-order valence-corrected chi connectivity index (χ1v) is 7.83. The van der Waals surface area contributed by atoms with Crippen molar-refractivity contribution in [1.29, 1.82) is 0 Å². The number of rotatable bonds is 4. The van der Waals surface area contributed by atoms with Gasteiger partial charge in [-0.1, -0.05) is 30.3 Å². The third-order valence-electron chi connectivity index (χ3n) is 4.17. The lowest BCUT2D eigenvalue weighted by Crippen LogP contribution is -2.33. The van der Waals surface area contributed by atoms with Crippen LogP contribution in [-0.2, 0) is 13.5 Å². The number of anilines is 1. The first kappa shape index (κ1) is 15.4. The van der Waals surface area contributed by atoms with Crippen LogP contribution in [-0.4, -0.2) is 40.9 Å². The number of carbonyl (C=O) groups is 1. The third-order valence-corrected chi connectivity index (χ3v) is 4.17. The van der Waals surface area contributed by atoms with Gasteiger partial charge in [-0.2, -0.15) is 0 Å². The molecule has 0 spiro atoms.